The lowest BCUT2D eigenvalue weighted by Gasteiger charge is -2.29. The Labute approximate surface area is 123 Å². The van der Waals surface area contributed by atoms with E-state index in [2.05, 4.69) is 11.8 Å². The molecule has 1 aliphatic heterocycles. The quantitative estimate of drug-likeness (QED) is 0.859. The highest BCUT2D eigenvalue weighted by Gasteiger charge is 2.32. The van der Waals surface area contributed by atoms with Crippen molar-refractivity contribution in [3.05, 3.63) is 33.6 Å². The highest BCUT2D eigenvalue weighted by Crippen LogP contribution is 2.36. The molecule has 5 heteroatoms. The van der Waals surface area contributed by atoms with Gasteiger partial charge in [-0.05, 0) is 50.4 Å². The molecule has 1 heterocycles. The van der Waals surface area contributed by atoms with Crippen LogP contribution in [0.1, 0.15) is 31.9 Å². The molecule has 19 heavy (non-hydrogen) atoms. The first-order valence-electron chi connectivity index (χ1n) is 6.54. The minimum absolute atomic E-state index is 0.0609. The van der Waals surface area contributed by atoms with Gasteiger partial charge in [0.05, 0.1) is 5.02 Å². The Balaban J connectivity index is 2.25. The zero-order valence-electron chi connectivity index (χ0n) is 11.2. The van der Waals surface area contributed by atoms with E-state index in [0.717, 1.165) is 18.5 Å². The van der Waals surface area contributed by atoms with Gasteiger partial charge in [-0.15, -0.1) is 0 Å². The Hall–Kier alpha value is -0.350. The molecule has 1 saturated heterocycles. The van der Waals surface area contributed by atoms with E-state index in [1.165, 1.54) is 12.1 Å². The predicted octanol–water partition coefficient (Wildman–Crippen LogP) is 3.86. The summed E-state index contributed by atoms with van der Waals surface area (Å²) in [6.07, 6.45) is 1.08. The minimum atomic E-state index is -0.421. The minimum Gasteiger partial charge on any atom is -0.330 e. The van der Waals surface area contributed by atoms with Crippen LogP contribution in [0.4, 0.5) is 4.39 Å². The third-order valence-electron chi connectivity index (χ3n) is 4.03. The van der Waals surface area contributed by atoms with E-state index in [0.29, 0.717) is 23.5 Å². The van der Waals surface area contributed by atoms with Gasteiger partial charge in [0.2, 0.25) is 0 Å². The van der Waals surface area contributed by atoms with Crippen LogP contribution in [-0.4, -0.2) is 24.0 Å². The van der Waals surface area contributed by atoms with Crippen LogP contribution in [0.25, 0.3) is 0 Å². The monoisotopic (exact) mass is 304 g/mol. The number of halogens is 3. The fourth-order valence-electron chi connectivity index (χ4n) is 2.92. The first-order chi connectivity index (χ1) is 8.93. The summed E-state index contributed by atoms with van der Waals surface area (Å²) in [5, 5.41) is 0.581. The van der Waals surface area contributed by atoms with Gasteiger partial charge in [-0.25, -0.2) is 4.39 Å². The summed E-state index contributed by atoms with van der Waals surface area (Å²) < 4.78 is 13.6. The summed E-state index contributed by atoms with van der Waals surface area (Å²) in [6.45, 7) is 5.84. The third kappa shape index (κ3) is 3.05. The Morgan fingerprint density at radius 2 is 2.11 bits per heavy atom. The van der Waals surface area contributed by atoms with E-state index in [1.54, 1.807) is 0 Å². The summed E-state index contributed by atoms with van der Waals surface area (Å²) >= 11 is 11.9. The van der Waals surface area contributed by atoms with Gasteiger partial charge in [-0.3, -0.25) is 4.90 Å². The van der Waals surface area contributed by atoms with Crippen molar-refractivity contribution < 1.29 is 4.39 Å². The van der Waals surface area contributed by atoms with Gasteiger partial charge in [0.1, 0.15) is 5.82 Å². The van der Waals surface area contributed by atoms with Crippen LogP contribution in [0.5, 0.6) is 0 Å². The van der Waals surface area contributed by atoms with Gasteiger partial charge in [0.25, 0.3) is 0 Å². The molecular formula is C14H19Cl2FN2. The van der Waals surface area contributed by atoms with E-state index in [4.69, 9.17) is 28.9 Å². The van der Waals surface area contributed by atoms with Crippen LogP contribution in [0.15, 0.2) is 12.1 Å². The molecule has 3 unspecified atom stereocenters. The lowest BCUT2D eigenvalue weighted by Crippen LogP contribution is -2.31. The van der Waals surface area contributed by atoms with Gasteiger partial charge in [0.15, 0.2) is 0 Å². The molecule has 0 radical (unpaired) electrons. The van der Waals surface area contributed by atoms with Gasteiger partial charge in [-0.2, -0.15) is 0 Å². The third-order valence-corrected chi connectivity index (χ3v) is 4.65. The van der Waals surface area contributed by atoms with Crippen molar-refractivity contribution in [2.45, 2.75) is 32.4 Å². The first-order valence-corrected chi connectivity index (χ1v) is 7.29. The molecule has 0 amide bonds. The van der Waals surface area contributed by atoms with Crippen LogP contribution >= 0.6 is 23.2 Å². The number of hydrogen-bond acceptors (Lipinski definition) is 2. The van der Waals surface area contributed by atoms with Crippen LogP contribution in [0.3, 0.4) is 0 Å². The molecule has 2 nitrogen and oxygen atoms in total. The predicted molar refractivity (Wildman–Crippen MR) is 78.2 cm³/mol. The summed E-state index contributed by atoms with van der Waals surface area (Å²) in [5.74, 6) is 0.0866. The van der Waals surface area contributed by atoms with Crippen molar-refractivity contribution in [2.24, 2.45) is 11.7 Å². The zero-order valence-corrected chi connectivity index (χ0v) is 12.7. The van der Waals surface area contributed by atoms with Crippen molar-refractivity contribution >= 4 is 23.2 Å². The van der Waals surface area contributed by atoms with Gasteiger partial charge < -0.3 is 5.73 Å². The van der Waals surface area contributed by atoms with E-state index >= 15 is 0 Å². The highest BCUT2D eigenvalue weighted by atomic mass is 35.5. The van der Waals surface area contributed by atoms with Crippen molar-refractivity contribution in [1.29, 1.82) is 0 Å². The second-order valence-corrected chi connectivity index (χ2v) is 6.16. The van der Waals surface area contributed by atoms with E-state index in [9.17, 15) is 4.39 Å². The Morgan fingerprint density at radius 3 is 2.68 bits per heavy atom. The van der Waals surface area contributed by atoms with E-state index in [-0.39, 0.29) is 11.1 Å². The highest BCUT2D eigenvalue weighted by molar-refractivity contribution is 6.35. The number of hydrogen-bond donors (Lipinski definition) is 1. The lowest BCUT2D eigenvalue weighted by molar-refractivity contribution is 0.200. The Morgan fingerprint density at radius 1 is 1.42 bits per heavy atom. The van der Waals surface area contributed by atoms with Crippen LogP contribution in [-0.2, 0) is 0 Å². The molecule has 1 aromatic carbocycles. The maximum atomic E-state index is 13.6. The maximum Gasteiger partial charge on any atom is 0.142 e. The molecule has 0 aromatic heterocycles. The van der Waals surface area contributed by atoms with Crippen molar-refractivity contribution in [1.82, 2.24) is 4.90 Å². The summed E-state index contributed by atoms with van der Waals surface area (Å²) in [7, 11) is 0. The molecule has 3 atom stereocenters. The van der Waals surface area contributed by atoms with Crippen molar-refractivity contribution in [2.75, 3.05) is 13.1 Å². The summed E-state index contributed by atoms with van der Waals surface area (Å²) in [4.78, 5) is 2.33. The van der Waals surface area contributed by atoms with Crippen LogP contribution < -0.4 is 5.73 Å². The molecule has 0 saturated carbocycles. The number of benzene rings is 1. The fraction of sp³-hybridized carbons (Fsp3) is 0.571. The second kappa shape index (κ2) is 5.96. The van der Waals surface area contributed by atoms with E-state index in [1.807, 2.05) is 6.92 Å². The molecule has 0 bridgehead atoms. The largest absolute Gasteiger partial charge is 0.330 e. The fourth-order valence-corrected chi connectivity index (χ4v) is 3.46. The molecule has 0 aliphatic carbocycles. The molecular weight excluding hydrogens is 286 g/mol. The molecule has 0 spiro atoms. The van der Waals surface area contributed by atoms with Crippen molar-refractivity contribution in [3.63, 3.8) is 0 Å². The standard InChI is InChI=1S/C14H19Cl2FN2/c1-8-3-10(6-18)7-19(8)9(2)11-4-14(17)13(16)5-12(11)15/h4-5,8-10H,3,6-7,18H2,1-2H3. The number of likely N-dealkylation sites (tertiary alicyclic amines) is 1. The van der Waals surface area contributed by atoms with Gasteiger partial charge in [-0.1, -0.05) is 23.2 Å². The van der Waals surface area contributed by atoms with Gasteiger partial charge >= 0.3 is 0 Å². The molecule has 106 valence electrons. The lowest BCUT2D eigenvalue weighted by atomic mass is 10.1. The maximum absolute atomic E-state index is 13.6. The average Bonchev–Trinajstić information content (AvgIpc) is 2.74. The molecule has 1 aliphatic rings. The van der Waals surface area contributed by atoms with Gasteiger partial charge in [0, 0.05) is 23.7 Å². The summed E-state index contributed by atoms with van der Waals surface area (Å²) in [5.41, 5.74) is 6.53. The van der Waals surface area contributed by atoms with Crippen LogP contribution in [0, 0.1) is 11.7 Å². The normalized spacial score (nSPS) is 25.8. The smallest absolute Gasteiger partial charge is 0.142 e. The van der Waals surface area contributed by atoms with E-state index < -0.39 is 5.82 Å². The first kappa shape index (κ1) is 15.0. The molecule has 2 N–H and O–H groups in total. The molecule has 1 fully saturated rings. The Bertz CT molecular complexity index is 467. The molecule has 2 rings (SSSR count). The number of nitrogens with zero attached hydrogens (tertiary/aromatic N) is 1. The van der Waals surface area contributed by atoms with Crippen LogP contribution in [0.2, 0.25) is 10.0 Å². The zero-order chi connectivity index (χ0) is 14.2. The molecule has 1 aromatic rings. The topological polar surface area (TPSA) is 29.3 Å². The number of rotatable bonds is 3. The Kier molecular flexibility index (Phi) is 4.72. The van der Waals surface area contributed by atoms with Crippen molar-refractivity contribution in [3.8, 4) is 0 Å². The number of nitrogens with two attached hydrogens (primary N) is 1. The second-order valence-electron chi connectivity index (χ2n) is 5.35. The SMILES string of the molecule is CC1CC(CN)CN1C(C)c1cc(F)c(Cl)cc1Cl. The average molecular weight is 305 g/mol. The summed E-state index contributed by atoms with van der Waals surface area (Å²) in [6, 6.07) is 3.41.